The quantitative estimate of drug-likeness (QED) is 0.325. The van der Waals surface area contributed by atoms with E-state index < -0.39 is 36.6 Å². The van der Waals surface area contributed by atoms with Crippen LogP contribution in [0.5, 0.6) is 0 Å². The van der Waals surface area contributed by atoms with Gasteiger partial charge in [-0.05, 0) is 29.9 Å². The normalized spacial score (nSPS) is 19.4. The van der Waals surface area contributed by atoms with E-state index in [0.717, 1.165) is 16.8 Å². The number of hydrogen-bond donors (Lipinski definition) is 3. The summed E-state index contributed by atoms with van der Waals surface area (Å²) in [7, 11) is 1.50. The highest BCUT2D eigenvalue weighted by atomic mass is 19.1. The third-order valence-electron chi connectivity index (χ3n) is 7.65. The van der Waals surface area contributed by atoms with Gasteiger partial charge in [-0.3, -0.25) is 29.2 Å². The zero-order chi connectivity index (χ0) is 28.8. The van der Waals surface area contributed by atoms with E-state index in [0.29, 0.717) is 31.4 Å². The largest absolute Gasteiger partial charge is 0.369 e. The van der Waals surface area contributed by atoms with E-state index in [1.165, 1.54) is 23.0 Å². The Morgan fingerprint density at radius 3 is 2.77 bits per heavy atom. The molecule has 1 aromatic heterocycles. The van der Waals surface area contributed by atoms with E-state index in [2.05, 4.69) is 26.0 Å². The Balaban J connectivity index is 1.53. The van der Waals surface area contributed by atoms with Gasteiger partial charge in [0.2, 0.25) is 23.6 Å². The molecule has 0 fully saturated rings. The maximum atomic E-state index is 14.0. The van der Waals surface area contributed by atoms with E-state index in [1.807, 2.05) is 32.0 Å². The van der Waals surface area contributed by atoms with Crippen LogP contribution in [-0.2, 0) is 43.3 Å². The lowest BCUT2D eigenvalue weighted by Crippen LogP contribution is -2.58. The Bertz CT molecular complexity index is 1220. The van der Waals surface area contributed by atoms with Crippen LogP contribution in [0.3, 0.4) is 0 Å². The van der Waals surface area contributed by atoms with Crippen molar-refractivity contribution in [1.29, 1.82) is 0 Å². The molecule has 3 N–H and O–H groups in total. The van der Waals surface area contributed by atoms with Crippen molar-refractivity contribution in [2.24, 2.45) is 5.92 Å². The Morgan fingerprint density at radius 2 is 2.08 bits per heavy atom. The number of rotatable bonds is 12. The van der Waals surface area contributed by atoms with Gasteiger partial charge in [0.1, 0.15) is 31.4 Å². The van der Waals surface area contributed by atoms with E-state index in [4.69, 9.17) is 4.74 Å². The standard InChI is InChI=1S/C27H36FN7O5/c1-4-16(2)23(34(3)22(36)15-40-11-10-28)26(38)31-20-9-8-17-6-5-7-18-12-21(35(24(17)18)27(20)39)25(37)29-13-19-14-30-33-32-19/h5-7,14,16,20-21,23H,4,8-13,15H2,1-3H3,(H,29,37)(H,31,38)(H,30,32,33)/t16-,20?,21?,23-/m0/s1. The van der Waals surface area contributed by atoms with Gasteiger partial charge >= 0.3 is 0 Å². The van der Waals surface area contributed by atoms with Gasteiger partial charge in [-0.1, -0.05) is 43.7 Å². The van der Waals surface area contributed by atoms with Gasteiger partial charge < -0.3 is 20.3 Å². The summed E-state index contributed by atoms with van der Waals surface area (Å²) in [5, 5.41) is 15.8. The van der Waals surface area contributed by atoms with E-state index >= 15 is 0 Å². The number of benzene rings is 1. The number of alkyl halides is 1. The summed E-state index contributed by atoms with van der Waals surface area (Å²) in [5.74, 6) is -1.84. The molecule has 4 rings (SSSR count). The van der Waals surface area contributed by atoms with Gasteiger partial charge in [0, 0.05) is 13.5 Å². The fraction of sp³-hybridized carbons (Fsp3) is 0.556. The molecule has 2 aromatic rings. The number of anilines is 1. The van der Waals surface area contributed by atoms with E-state index in [1.54, 1.807) is 0 Å². The van der Waals surface area contributed by atoms with Crippen LogP contribution < -0.4 is 15.5 Å². The van der Waals surface area contributed by atoms with Crippen molar-refractivity contribution >= 4 is 29.3 Å². The number of ether oxygens (including phenoxy) is 1. The monoisotopic (exact) mass is 557 g/mol. The van der Waals surface area contributed by atoms with Gasteiger partial charge in [-0.25, -0.2) is 4.39 Å². The predicted octanol–water partition coefficient (Wildman–Crippen LogP) is 0.669. The number of halogens is 1. The van der Waals surface area contributed by atoms with Crippen LogP contribution in [0.25, 0.3) is 0 Å². The number of para-hydroxylation sites is 1. The molecule has 0 bridgehead atoms. The third-order valence-corrected chi connectivity index (χ3v) is 7.65. The van der Waals surface area contributed by atoms with Crippen LogP contribution in [0.15, 0.2) is 24.4 Å². The molecule has 0 radical (unpaired) electrons. The first-order valence-corrected chi connectivity index (χ1v) is 13.5. The van der Waals surface area contributed by atoms with Gasteiger partial charge in [0.15, 0.2) is 0 Å². The highest BCUT2D eigenvalue weighted by Gasteiger charge is 2.44. The predicted molar refractivity (Wildman–Crippen MR) is 143 cm³/mol. The molecule has 40 heavy (non-hydrogen) atoms. The number of likely N-dealkylation sites (N-methyl/N-ethyl adjacent to an activating group) is 1. The van der Waals surface area contributed by atoms with Crippen molar-refractivity contribution in [3.05, 3.63) is 41.2 Å². The SMILES string of the molecule is CC[C@H](C)[C@@H](C(=O)NC1CCc2cccc3c2N(C1=O)C(C(=O)NCc1cnn[nH]1)C3)N(C)C(=O)COCCF. The Kier molecular flexibility index (Phi) is 9.46. The topological polar surface area (TPSA) is 150 Å². The lowest BCUT2D eigenvalue weighted by atomic mass is 9.96. The molecule has 2 unspecified atom stereocenters. The van der Waals surface area contributed by atoms with Crippen molar-refractivity contribution in [3.63, 3.8) is 0 Å². The van der Waals surface area contributed by atoms with Crippen molar-refractivity contribution < 1.29 is 28.3 Å². The minimum Gasteiger partial charge on any atom is -0.369 e. The maximum Gasteiger partial charge on any atom is 0.250 e. The second kappa shape index (κ2) is 13.0. The second-order valence-electron chi connectivity index (χ2n) is 10.2. The van der Waals surface area contributed by atoms with Crippen LogP contribution in [-0.4, -0.2) is 89.0 Å². The zero-order valence-electron chi connectivity index (χ0n) is 23.0. The highest BCUT2D eigenvalue weighted by molar-refractivity contribution is 6.08. The third kappa shape index (κ3) is 6.14. The summed E-state index contributed by atoms with van der Waals surface area (Å²) >= 11 is 0. The number of nitrogens with one attached hydrogen (secondary N) is 3. The highest BCUT2D eigenvalue weighted by Crippen LogP contribution is 2.39. The first kappa shape index (κ1) is 29.1. The van der Waals surface area contributed by atoms with Crippen LogP contribution in [0.1, 0.15) is 43.5 Å². The first-order chi connectivity index (χ1) is 19.3. The van der Waals surface area contributed by atoms with Crippen molar-refractivity contribution in [3.8, 4) is 0 Å². The molecule has 12 nitrogen and oxygen atoms in total. The van der Waals surface area contributed by atoms with Crippen LogP contribution in [0, 0.1) is 5.92 Å². The van der Waals surface area contributed by atoms with Crippen LogP contribution >= 0.6 is 0 Å². The molecule has 0 saturated heterocycles. The summed E-state index contributed by atoms with van der Waals surface area (Å²) in [4.78, 5) is 56.3. The lowest BCUT2D eigenvalue weighted by Gasteiger charge is -2.33. The maximum absolute atomic E-state index is 14.0. The number of nitrogens with zero attached hydrogens (tertiary/aromatic N) is 4. The van der Waals surface area contributed by atoms with Crippen LogP contribution in [0.4, 0.5) is 10.1 Å². The fourth-order valence-electron chi connectivity index (χ4n) is 5.35. The molecule has 216 valence electrons. The average Bonchev–Trinajstić information content (AvgIpc) is 3.59. The van der Waals surface area contributed by atoms with Gasteiger partial charge in [0.25, 0.3) is 0 Å². The number of aromatic nitrogens is 3. The minimum atomic E-state index is -0.893. The molecule has 2 aliphatic heterocycles. The molecule has 0 spiro atoms. The number of aryl methyl sites for hydroxylation is 1. The van der Waals surface area contributed by atoms with Gasteiger partial charge in [-0.2, -0.15) is 0 Å². The van der Waals surface area contributed by atoms with Crippen molar-refractivity contribution in [1.82, 2.24) is 30.9 Å². The number of amides is 4. The molecule has 2 aliphatic rings. The molecular formula is C27H36FN7O5. The number of hydrogen-bond acceptors (Lipinski definition) is 7. The summed E-state index contributed by atoms with van der Waals surface area (Å²) < 4.78 is 17.4. The molecule has 1 aromatic carbocycles. The molecule has 4 atom stereocenters. The first-order valence-electron chi connectivity index (χ1n) is 13.5. The molecule has 0 saturated carbocycles. The second-order valence-corrected chi connectivity index (χ2v) is 10.2. The molecule has 13 heteroatoms. The van der Waals surface area contributed by atoms with E-state index in [9.17, 15) is 23.6 Å². The number of carbonyl (C=O) groups is 4. The van der Waals surface area contributed by atoms with Crippen molar-refractivity contribution in [2.75, 3.05) is 31.8 Å². The number of carbonyl (C=O) groups excluding carboxylic acids is 4. The fourth-order valence-corrected chi connectivity index (χ4v) is 5.35. The summed E-state index contributed by atoms with van der Waals surface area (Å²) in [6.07, 6.45) is 3.34. The lowest BCUT2D eigenvalue weighted by molar-refractivity contribution is -0.145. The van der Waals surface area contributed by atoms with Crippen LogP contribution in [0.2, 0.25) is 0 Å². The summed E-state index contributed by atoms with van der Waals surface area (Å²) in [5.41, 5.74) is 3.19. The Hall–Kier alpha value is -3.87. The van der Waals surface area contributed by atoms with Gasteiger partial charge in [-0.15, -0.1) is 5.10 Å². The molecule has 3 heterocycles. The smallest absolute Gasteiger partial charge is 0.250 e. The summed E-state index contributed by atoms with van der Waals surface area (Å²) in [6, 6.07) is 3.23. The summed E-state index contributed by atoms with van der Waals surface area (Å²) in [6.45, 7) is 2.67. The number of aromatic amines is 1. The van der Waals surface area contributed by atoms with Crippen molar-refractivity contribution in [2.45, 2.75) is 64.2 Å². The minimum absolute atomic E-state index is 0.180. The molecule has 0 aliphatic carbocycles. The van der Waals surface area contributed by atoms with E-state index in [-0.39, 0.29) is 37.5 Å². The Labute approximate surface area is 232 Å². The molecular weight excluding hydrogens is 521 g/mol. The zero-order valence-corrected chi connectivity index (χ0v) is 23.0. The van der Waals surface area contributed by atoms with Gasteiger partial charge in [0.05, 0.1) is 30.7 Å². The number of H-pyrrole nitrogens is 1. The average molecular weight is 558 g/mol. The molecule has 4 amide bonds. The Morgan fingerprint density at radius 1 is 1.30 bits per heavy atom.